The Labute approximate surface area is 137 Å². The molecule has 4 nitrogen and oxygen atoms in total. The Balaban J connectivity index is 1.90. The molecular formula is C18H14ClN3O. The Morgan fingerprint density at radius 2 is 2.09 bits per heavy atom. The molecule has 1 aliphatic heterocycles. The molecule has 0 unspecified atom stereocenters. The third-order valence-electron chi connectivity index (χ3n) is 4.06. The maximum atomic E-state index is 12.6. The van der Waals surface area contributed by atoms with Crippen LogP contribution in [0.5, 0.6) is 0 Å². The molecule has 0 atom stereocenters. The van der Waals surface area contributed by atoms with Crippen LogP contribution in [0, 0.1) is 0 Å². The first kappa shape index (κ1) is 14.0. The second kappa shape index (κ2) is 5.25. The van der Waals surface area contributed by atoms with Crippen LogP contribution in [0.25, 0.3) is 22.6 Å². The van der Waals surface area contributed by atoms with E-state index in [2.05, 4.69) is 4.98 Å². The Bertz CT molecular complexity index is 1020. The second-order valence-corrected chi connectivity index (χ2v) is 6.08. The van der Waals surface area contributed by atoms with Gasteiger partial charge in [0.25, 0.3) is 5.56 Å². The van der Waals surface area contributed by atoms with Crippen molar-refractivity contribution in [2.24, 2.45) is 0 Å². The van der Waals surface area contributed by atoms with Crippen LogP contribution < -0.4 is 11.3 Å². The zero-order valence-corrected chi connectivity index (χ0v) is 13.0. The molecule has 0 fully saturated rings. The maximum Gasteiger partial charge on any atom is 0.261 e. The second-order valence-electron chi connectivity index (χ2n) is 5.64. The van der Waals surface area contributed by atoms with E-state index in [0.717, 1.165) is 23.4 Å². The maximum absolute atomic E-state index is 12.6. The molecule has 5 heteroatoms. The zero-order valence-electron chi connectivity index (χ0n) is 12.3. The van der Waals surface area contributed by atoms with E-state index >= 15 is 0 Å². The van der Waals surface area contributed by atoms with Gasteiger partial charge in [-0.25, -0.2) is 4.98 Å². The van der Waals surface area contributed by atoms with Crippen LogP contribution >= 0.6 is 11.6 Å². The minimum absolute atomic E-state index is 0.0354. The fraction of sp³-hybridized carbons (Fsp3) is 0.111. The predicted octanol–water partition coefficient (Wildman–Crippen LogP) is 3.58. The standard InChI is InChI=1S/C18H14ClN3O/c19-13-3-1-2-11(9-13)8-12-6-7-22-17(12)21-16-5-4-14(20)10-15(16)18(22)23/h1-5,8-10H,6-7,20H2. The van der Waals surface area contributed by atoms with Crippen molar-refractivity contribution in [2.75, 3.05) is 5.73 Å². The topological polar surface area (TPSA) is 60.9 Å². The van der Waals surface area contributed by atoms with Gasteiger partial charge in [-0.2, -0.15) is 0 Å². The minimum atomic E-state index is -0.0354. The van der Waals surface area contributed by atoms with E-state index in [9.17, 15) is 4.79 Å². The van der Waals surface area contributed by atoms with Crippen molar-refractivity contribution < 1.29 is 0 Å². The summed E-state index contributed by atoms with van der Waals surface area (Å²) in [5.41, 5.74) is 9.05. The first-order valence-electron chi connectivity index (χ1n) is 7.38. The van der Waals surface area contributed by atoms with Gasteiger partial charge in [0.05, 0.1) is 10.9 Å². The lowest BCUT2D eigenvalue weighted by molar-refractivity contribution is 0.725. The van der Waals surface area contributed by atoms with Crippen LogP contribution in [-0.4, -0.2) is 9.55 Å². The van der Waals surface area contributed by atoms with E-state index < -0.39 is 0 Å². The predicted molar refractivity (Wildman–Crippen MR) is 94.4 cm³/mol. The quantitative estimate of drug-likeness (QED) is 0.696. The third kappa shape index (κ3) is 2.41. The highest BCUT2D eigenvalue weighted by Gasteiger charge is 2.20. The smallest absolute Gasteiger partial charge is 0.261 e. The van der Waals surface area contributed by atoms with Crippen molar-refractivity contribution in [3.8, 4) is 0 Å². The first-order chi connectivity index (χ1) is 11.1. The summed E-state index contributed by atoms with van der Waals surface area (Å²) in [5.74, 6) is 0.729. The minimum Gasteiger partial charge on any atom is -0.399 e. The number of fused-ring (bicyclic) bond motifs is 2. The summed E-state index contributed by atoms with van der Waals surface area (Å²) in [4.78, 5) is 17.3. The molecule has 2 heterocycles. The van der Waals surface area contributed by atoms with Crippen molar-refractivity contribution in [2.45, 2.75) is 13.0 Å². The fourth-order valence-electron chi connectivity index (χ4n) is 2.97. The molecule has 0 saturated carbocycles. The number of anilines is 1. The van der Waals surface area contributed by atoms with E-state index in [1.165, 1.54) is 0 Å². The summed E-state index contributed by atoms with van der Waals surface area (Å²) in [6.07, 6.45) is 2.82. The molecular weight excluding hydrogens is 310 g/mol. The summed E-state index contributed by atoms with van der Waals surface area (Å²) < 4.78 is 1.72. The molecule has 0 amide bonds. The van der Waals surface area contributed by atoms with Gasteiger partial charge in [-0.1, -0.05) is 23.7 Å². The summed E-state index contributed by atoms with van der Waals surface area (Å²) in [6.45, 7) is 0.637. The Hall–Kier alpha value is -2.59. The summed E-state index contributed by atoms with van der Waals surface area (Å²) in [7, 11) is 0. The van der Waals surface area contributed by atoms with Gasteiger partial charge in [0.2, 0.25) is 0 Å². The monoisotopic (exact) mass is 323 g/mol. The molecule has 0 bridgehead atoms. The summed E-state index contributed by atoms with van der Waals surface area (Å²) in [5, 5.41) is 1.26. The molecule has 2 aromatic carbocycles. The Morgan fingerprint density at radius 3 is 2.91 bits per heavy atom. The third-order valence-corrected chi connectivity index (χ3v) is 4.29. The van der Waals surface area contributed by atoms with Gasteiger partial charge in [-0.3, -0.25) is 9.36 Å². The lowest BCUT2D eigenvalue weighted by atomic mass is 10.1. The van der Waals surface area contributed by atoms with Crippen LogP contribution in [0.4, 0.5) is 5.69 Å². The van der Waals surface area contributed by atoms with E-state index in [1.807, 2.05) is 30.3 Å². The van der Waals surface area contributed by atoms with Crippen molar-refractivity contribution in [1.29, 1.82) is 0 Å². The average molecular weight is 324 g/mol. The lowest BCUT2D eigenvalue weighted by Crippen LogP contribution is -2.20. The van der Waals surface area contributed by atoms with E-state index in [4.69, 9.17) is 17.3 Å². The largest absolute Gasteiger partial charge is 0.399 e. The number of allylic oxidation sites excluding steroid dienone is 1. The number of aromatic nitrogens is 2. The van der Waals surface area contributed by atoms with Crippen LogP contribution in [0.2, 0.25) is 5.02 Å². The zero-order chi connectivity index (χ0) is 16.0. The van der Waals surface area contributed by atoms with Gasteiger partial charge in [0.15, 0.2) is 0 Å². The molecule has 114 valence electrons. The number of hydrogen-bond donors (Lipinski definition) is 1. The Morgan fingerprint density at radius 1 is 1.22 bits per heavy atom. The van der Waals surface area contributed by atoms with Gasteiger partial charge < -0.3 is 5.73 Å². The number of nitrogens with two attached hydrogens (primary N) is 1. The molecule has 0 spiro atoms. The molecule has 0 radical (unpaired) electrons. The molecule has 2 N–H and O–H groups in total. The van der Waals surface area contributed by atoms with Gasteiger partial charge in [-0.15, -0.1) is 0 Å². The van der Waals surface area contributed by atoms with Crippen molar-refractivity contribution in [3.05, 3.63) is 69.2 Å². The molecule has 3 aromatic rings. The van der Waals surface area contributed by atoms with Crippen molar-refractivity contribution in [3.63, 3.8) is 0 Å². The Kier molecular flexibility index (Phi) is 3.20. The van der Waals surface area contributed by atoms with Gasteiger partial charge in [0.1, 0.15) is 5.82 Å². The van der Waals surface area contributed by atoms with Gasteiger partial charge in [0, 0.05) is 17.3 Å². The molecule has 1 aliphatic rings. The van der Waals surface area contributed by atoms with Crippen LogP contribution in [-0.2, 0) is 6.54 Å². The fourth-order valence-corrected chi connectivity index (χ4v) is 3.17. The number of hydrogen-bond acceptors (Lipinski definition) is 3. The van der Waals surface area contributed by atoms with E-state index in [1.54, 1.807) is 22.8 Å². The lowest BCUT2D eigenvalue weighted by Gasteiger charge is -2.06. The van der Waals surface area contributed by atoms with Crippen molar-refractivity contribution in [1.82, 2.24) is 9.55 Å². The summed E-state index contributed by atoms with van der Waals surface area (Å²) >= 11 is 6.04. The highest BCUT2D eigenvalue weighted by atomic mass is 35.5. The average Bonchev–Trinajstić information content (AvgIpc) is 2.92. The molecule has 1 aromatic heterocycles. The molecule has 0 aliphatic carbocycles. The first-order valence-corrected chi connectivity index (χ1v) is 7.76. The highest BCUT2D eigenvalue weighted by Crippen LogP contribution is 2.28. The SMILES string of the molecule is Nc1ccc2nc3n(c(=O)c2c1)CCC3=Cc1cccc(Cl)c1. The number of rotatable bonds is 1. The van der Waals surface area contributed by atoms with Crippen molar-refractivity contribution >= 4 is 39.8 Å². The molecule has 23 heavy (non-hydrogen) atoms. The van der Waals surface area contributed by atoms with Crippen LogP contribution in [0.15, 0.2) is 47.3 Å². The molecule has 0 saturated heterocycles. The highest BCUT2D eigenvalue weighted by molar-refractivity contribution is 6.30. The van der Waals surface area contributed by atoms with E-state index in [-0.39, 0.29) is 5.56 Å². The normalized spacial score (nSPS) is 15.3. The number of nitrogen functional groups attached to an aromatic ring is 1. The van der Waals surface area contributed by atoms with Crippen LogP contribution in [0.1, 0.15) is 17.8 Å². The number of benzene rings is 2. The number of halogens is 1. The number of nitrogens with zero attached hydrogens (tertiary/aromatic N) is 2. The summed E-state index contributed by atoms with van der Waals surface area (Å²) in [6, 6.07) is 12.9. The van der Waals surface area contributed by atoms with Gasteiger partial charge >= 0.3 is 0 Å². The molecule has 4 rings (SSSR count). The van der Waals surface area contributed by atoms with Gasteiger partial charge in [-0.05, 0) is 54.0 Å². The van der Waals surface area contributed by atoms with E-state index in [0.29, 0.717) is 28.2 Å². The van der Waals surface area contributed by atoms with Crippen LogP contribution in [0.3, 0.4) is 0 Å².